The van der Waals surface area contributed by atoms with Gasteiger partial charge in [0.1, 0.15) is 17.4 Å². The molecule has 0 spiro atoms. The molecule has 1 aliphatic carbocycles. The smallest absolute Gasteiger partial charge is 0.326 e. The Morgan fingerprint density at radius 2 is 1.96 bits per heavy atom. The highest BCUT2D eigenvalue weighted by molar-refractivity contribution is 6.04. The maximum absolute atomic E-state index is 12.8. The highest BCUT2D eigenvalue weighted by Gasteiger charge is 2.38. The number of rotatable bonds is 8. The third kappa shape index (κ3) is 4.28. The van der Waals surface area contributed by atoms with Crippen LogP contribution in [0.25, 0.3) is 5.76 Å². The van der Waals surface area contributed by atoms with Gasteiger partial charge in [-0.05, 0) is 43.2 Å². The first-order chi connectivity index (χ1) is 13.3. The SMILES string of the molecule is CC(C)C[C@H](NC(=O)C1=C(O)c2ccccc2N(OCC2CC2)C1O)C(=O)O. The van der Waals surface area contributed by atoms with Crippen molar-refractivity contribution >= 4 is 23.3 Å². The molecule has 2 aliphatic rings. The Kier molecular flexibility index (Phi) is 5.90. The van der Waals surface area contributed by atoms with Gasteiger partial charge < -0.3 is 20.6 Å². The van der Waals surface area contributed by atoms with Crippen LogP contribution < -0.4 is 10.4 Å². The standard InChI is InChI=1S/C20H26N2O6/c1-11(2)9-14(20(26)27)21-18(24)16-17(23)13-5-3-4-6-15(13)22(19(16)25)28-10-12-7-8-12/h3-6,11-12,14,19,23,25H,7-10H2,1-2H3,(H,21,24)(H,26,27)/t14-,19?/m0/s1. The number of anilines is 1. The fourth-order valence-corrected chi connectivity index (χ4v) is 3.15. The molecule has 1 aromatic carbocycles. The zero-order valence-corrected chi connectivity index (χ0v) is 16.0. The Morgan fingerprint density at radius 1 is 1.29 bits per heavy atom. The van der Waals surface area contributed by atoms with E-state index in [4.69, 9.17) is 4.84 Å². The molecule has 0 bridgehead atoms. The van der Waals surface area contributed by atoms with E-state index in [0.717, 1.165) is 12.8 Å². The van der Waals surface area contributed by atoms with Gasteiger partial charge in [0.2, 0.25) is 0 Å². The first-order valence-electron chi connectivity index (χ1n) is 9.46. The fourth-order valence-electron chi connectivity index (χ4n) is 3.15. The van der Waals surface area contributed by atoms with Crippen molar-refractivity contribution in [2.45, 2.75) is 45.4 Å². The molecule has 1 amide bonds. The van der Waals surface area contributed by atoms with E-state index in [1.165, 1.54) is 5.06 Å². The predicted molar refractivity (Wildman–Crippen MR) is 102 cm³/mol. The maximum atomic E-state index is 12.8. The topological polar surface area (TPSA) is 119 Å². The molecule has 1 fully saturated rings. The average Bonchev–Trinajstić information content (AvgIpc) is 3.45. The van der Waals surface area contributed by atoms with Gasteiger partial charge in [0.05, 0.1) is 12.3 Å². The Bertz CT molecular complexity index is 787. The van der Waals surface area contributed by atoms with Crippen molar-refractivity contribution in [3.05, 3.63) is 35.4 Å². The van der Waals surface area contributed by atoms with Crippen LogP contribution in [0.15, 0.2) is 29.8 Å². The van der Waals surface area contributed by atoms with E-state index in [0.29, 0.717) is 23.8 Å². The number of hydrogen-bond donors (Lipinski definition) is 4. The lowest BCUT2D eigenvalue weighted by atomic mass is 9.98. The van der Waals surface area contributed by atoms with Crippen molar-refractivity contribution in [3.63, 3.8) is 0 Å². The molecule has 1 aromatic rings. The number of fused-ring (bicyclic) bond motifs is 1. The first-order valence-corrected chi connectivity index (χ1v) is 9.46. The number of carbonyl (C=O) groups is 2. The van der Waals surface area contributed by atoms with Crippen LogP contribution in [0.3, 0.4) is 0 Å². The highest BCUT2D eigenvalue weighted by Crippen LogP contribution is 2.38. The fraction of sp³-hybridized carbons (Fsp3) is 0.500. The minimum Gasteiger partial charge on any atom is -0.507 e. The first kappa shape index (κ1) is 20.2. The molecule has 152 valence electrons. The number of para-hydroxylation sites is 1. The third-order valence-electron chi connectivity index (χ3n) is 4.83. The molecule has 1 heterocycles. The van der Waals surface area contributed by atoms with Crippen LogP contribution in [0.2, 0.25) is 0 Å². The van der Waals surface area contributed by atoms with Crippen LogP contribution in [0.4, 0.5) is 5.69 Å². The molecule has 0 aromatic heterocycles. The number of carboxylic acid groups (broad SMARTS) is 1. The average molecular weight is 390 g/mol. The Morgan fingerprint density at radius 3 is 2.57 bits per heavy atom. The molecule has 2 atom stereocenters. The van der Waals surface area contributed by atoms with E-state index in [-0.39, 0.29) is 23.7 Å². The molecule has 8 nitrogen and oxygen atoms in total. The summed E-state index contributed by atoms with van der Waals surface area (Å²) < 4.78 is 0. The summed E-state index contributed by atoms with van der Waals surface area (Å²) >= 11 is 0. The van der Waals surface area contributed by atoms with Crippen LogP contribution >= 0.6 is 0 Å². The van der Waals surface area contributed by atoms with E-state index in [1.807, 2.05) is 13.8 Å². The lowest BCUT2D eigenvalue weighted by Crippen LogP contribution is -2.49. The van der Waals surface area contributed by atoms with Gasteiger partial charge in [-0.3, -0.25) is 9.63 Å². The van der Waals surface area contributed by atoms with E-state index < -0.39 is 24.1 Å². The van der Waals surface area contributed by atoms with Crippen molar-refractivity contribution in [1.82, 2.24) is 5.32 Å². The normalized spacial score (nSPS) is 20.1. The van der Waals surface area contributed by atoms with Gasteiger partial charge in [0, 0.05) is 5.56 Å². The van der Waals surface area contributed by atoms with Crippen molar-refractivity contribution < 1.29 is 29.7 Å². The lowest BCUT2D eigenvalue weighted by molar-refractivity contribution is -0.142. The molecule has 28 heavy (non-hydrogen) atoms. The summed E-state index contributed by atoms with van der Waals surface area (Å²) in [5, 5.41) is 34.4. The minimum atomic E-state index is -1.55. The van der Waals surface area contributed by atoms with Gasteiger partial charge >= 0.3 is 5.97 Å². The van der Waals surface area contributed by atoms with Crippen LogP contribution in [0, 0.1) is 11.8 Å². The summed E-state index contributed by atoms with van der Waals surface area (Å²) in [6, 6.07) is 5.59. The Labute approximate surface area is 163 Å². The van der Waals surface area contributed by atoms with Crippen molar-refractivity contribution in [3.8, 4) is 0 Å². The Hall–Kier alpha value is -2.58. The highest BCUT2D eigenvalue weighted by atomic mass is 16.7. The summed E-state index contributed by atoms with van der Waals surface area (Å²) in [5.41, 5.74) is 0.454. The number of nitrogens with one attached hydrogen (secondary N) is 1. The van der Waals surface area contributed by atoms with Gasteiger partial charge in [-0.15, -0.1) is 0 Å². The number of carboxylic acids is 1. The molecular weight excluding hydrogens is 364 g/mol. The summed E-state index contributed by atoms with van der Waals surface area (Å²) in [7, 11) is 0. The van der Waals surface area contributed by atoms with E-state index in [9.17, 15) is 24.9 Å². The maximum Gasteiger partial charge on any atom is 0.326 e. The molecule has 0 radical (unpaired) electrons. The van der Waals surface area contributed by atoms with Crippen LogP contribution in [0.5, 0.6) is 0 Å². The van der Waals surface area contributed by atoms with Gasteiger partial charge in [-0.2, -0.15) is 0 Å². The largest absolute Gasteiger partial charge is 0.507 e. The zero-order valence-electron chi connectivity index (χ0n) is 16.0. The van der Waals surface area contributed by atoms with Crippen LogP contribution in [-0.2, 0) is 14.4 Å². The minimum absolute atomic E-state index is 0.0411. The van der Waals surface area contributed by atoms with Gasteiger partial charge in [0.15, 0.2) is 6.23 Å². The monoisotopic (exact) mass is 390 g/mol. The number of aliphatic hydroxyl groups is 2. The predicted octanol–water partition coefficient (Wildman–Crippen LogP) is 2.05. The number of nitrogens with zero attached hydrogens (tertiary/aromatic N) is 1. The molecule has 1 unspecified atom stereocenters. The lowest BCUT2D eigenvalue weighted by Gasteiger charge is -2.35. The van der Waals surface area contributed by atoms with Gasteiger partial charge in [0.25, 0.3) is 5.91 Å². The van der Waals surface area contributed by atoms with Crippen molar-refractivity contribution in [2.75, 3.05) is 11.7 Å². The van der Waals surface area contributed by atoms with Crippen molar-refractivity contribution in [1.29, 1.82) is 0 Å². The van der Waals surface area contributed by atoms with Gasteiger partial charge in [-0.1, -0.05) is 26.0 Å². The zero-order chi connectivity index (χ0) is 20.4. The van der Waals surface area contributed by atoms with Gasteiger partial charge in [-0.25, -0.2) is 9.86 Å². The Balaban J connectivity index is 1.89. The quantitative estimate of drug-likeness (QED) is 0.536. The summed E-state index contributed by atoms with van der Waals surface area (Å²) in [4.78, 5) is 30.0. The number of benzene rings is 1. The number of aliphatic carboxylic acids is 1. The summed E-state index contributed by atoms with van der Waals surface area (Å²) in [6.45, 7) is 4.09. The van der Waals surface area contributed by atoms with Crippen LogP contribution in [-0.4, -0.2) is 46.1 Å². The number of aliphatic hydroxyl groups excluding tert-OH is 2. The molecule has 1 aliphatic heterocycles. The molecular formula is C20H26N2O6. The van der Waals surface area contributed by atoms with E-state index in [1.54, 1.807) is 24.3 Å². The second-order valence-electron chi connectivity index (χ2n) is 7.71. The van der Waals surface area contributed by atoms with Crippen molar-refractivity contribution in [2.24, 2.45) is 11.8 Å². The third-order valence-corrected chi connectivity index (χ3v) is 4.83. The molecule has 4 N–H and O–H groups in total. The molecule has 8 heteroatoms. The molecule has 3 rings (SSSR count). The summed E-state index contributed by atoms with van der Waals surface area (Å²) in [6.07, 6.45) is 0.775. The molecule has 1 saturated carbocycles. The summed E-state index contributed by atoms with van der Waals surface area (Å²) in [5.74, 6) is -1.94. The molecule has 0 saturated heterocycles. The number of carbonyl (C=O) groups excluding carboxylic acids is 1. The number of amides is 1. The second kappa shape index (κ2) is 8.20. The van der Waals surface area contributed by atoms with E-state index >= 15 is 0 Å². The van der Waals surface area contributed by atoms with E-state index in [2.05, 4.69) is 5.32 Å². The number of hydroxylamine groups is 1. The number of hydrogen-bond acceptors (Lipinski definition) is 6. The second-order valence-corrected chi connectivity index (χ2v) is 7.71. The van der Waals surface area contributed by atoms with Crippen LogP contribution in [0.1, 0.15) is 38.7 Å².